The van der Waals surface area contributed by atoms with Crippen molar-refractivity contribution >= 4 is 28.1 Å². The number of nitrogens with zero attached hydrogens (tertiary/aromatic N) is 2. The summed E-state index contributed by atoms with van der Waals surface area (Å²) < 4.78 is 26.5. The Balaban J connectivity index is 0.00000220. The number of nitro benzene ring substituents is 1. The molecule has 118 valence electrons. The quantitative estimate of drug-likeness (QED) is 0.665. The molecular formula is C12H18ClN3O4S. The lowest BCUT2D eigenvalue weighted by Gasteiger charge is -2.37. The van der Waals surface area contributed by atoms with E-state index in [-0.39, 0.29) is 35.1 Å². The first-order valence-corrected chi connectivity index (χ1v) is 7.77. The van der Waals surface area contributed by atoms with E-state index in [1.54, 1.807) is 0 Å². The number of hydrogen-bond acceptors (Lipinski definition) is 5. The first kappa shape index (κ1) is 17.8. The third-order valence-corrected chi connectivity index (χ3v) is 5.63. The van der Waals surface area contributed by atoms with Crippen molar-refractivity contribution in [2.24, 2.45) is 0 Å². The molecule has 1 fully saturated rings. The summed E-state index contributed by atoms with van der Waals surface area (Å²) in [6.07, 6.45) is 0. The van der Waals surface area contributed by atoms with Gasteiger partial charge in [0.05, 0.1) is 9.82 Å². The molecule has 9 heteroatoms. The predicted octanol–water partition coefficient (Wildman–Crippen LogP) is 1.39. The molecule has 7 nitrogen and oxygen atoms in total. The maximum atomic E-state index is 12.6. The summed E-state index contributed by atoms with van der Waals surface area (Å²) in [7, 11) is -3.62. The van der Waals surface area contributed by atoms with Crippen LogP contribution in [0.4, 0.5) is 5.69 Å². The van der Waals surface area contributed by atoms with Crippen molar-refractivity contribution in [2.45, 2.75) is 30.8 Å². The first-order valence-electron chi connectivity index (χ1n) is 6.33. The topological polar surface area (TPSA) is 92.6 Å². The molecule has 21 heavy (non-hydrogen) atoms. The Hall–Kier alpha value is -1.22. The fourth-order valence-corrected chi connectivity index (χ4v) is 3.94. The number of rotatable bonds is 3. The average molecular weight is 336 g/mol. The van der Waals surface area contributed by atoms with Crippen molar-refractivity contribution in [3.8, 4) is 0 Å². The first-order chi connectivity index (χ1) is 9.34. The van der Waals surface area contributed by atoms with Crippen LogP contribution in [0.15, 0.2) is 29.2 Å². The van der Waals surface area contributed by atoms with E-state index in [2.05, 4.69) is 5.32 Å². The Morgan fingerprint density at radius 2 is 1.86 bits per heavy atom. The molecule has 1 N–H and O–H groups in total. The third-order valence-electron chi connectivity index (χ3n) is 3.63. The van der Waals surface area contributed by atoms with E-state index in [1.807, 2.05) is 13.8 Å². The van der Waals surface area contributed by atoms with Crippen LogP contribution < -0.4 is 5.32 Å². The van der Waals surface area contributed by atoms with Crippen molar-refractivity contribution < 1.29 is 13.3 Å². The van der Waals surface area contributed by atoms with Gasteiger partial charge in [-0.05, 0) is 26.0 Å². The second kappa shape index (κ2) is 6.69. The van der Waals surface area contributed by atoms with Gasteiger partial charge in [-0.3, -0.25) is 10.1 Å². The van der Waals surface area contributed by atoms with E-state index in [9.17, 15) is 18.5 Å². The van der Waals surface area contributed by atoms with Gasteiger partial charge in [0.25, 0.3) is 5.69 Å². The number of hydrogen-bond donors (Lipinski definition) is 1. The number of nitrogens with one attached hydrogen (secondary N) is 1. The number of sulfonamides is 1. The van der Waals surface area contributed by atoms with E-state index < -0.39 is 14.9 Å². The molecule has 0 amide bonds. The van der Waals surface area contributed by atoms with Gasteiger partial charge in [0, 0.05) is 37.3 Å². The summed E-state index contributed by atoms with van der Waals surface area (Å²) >= 11 is 0. The molecule has 0 saturated carbocycles. The zero-order valence-electron chi connectivity index (χ0n) is 11.7. The van der Waals surface area contributed by atoms with E-state index in [4.69, 9.17) is 0 Å². The highest BCUT2D eigenvalue weighted by atomic mass is 35.5. The Labute approximate surface area is 129 Å². The molecule has 0 radical (unpaired) electrons. The maximum Gasteiger partial charge on any atom is 0.269 e. The molecule has 1 aromatic carbocycles. The van der Waals surface area contributed by atoms with Gasteiger partial charge in [-0.15, -0.1) is 12.4 Å². The summed E-state index contributed by atoms with van der Waals surface area (Å²) in [5.41, 5.74) is -0.120. The standard InChI is InChI=1S/C12H17N3O4S.ClH/c1-9-10(2)14(8-7-13-9)20(18,19)12-5-3-11(4-6-12)15(16)17;/h3-6,9-10,13H,7-8H2,1-2H3;1H. The lowest BCUT2D eigenvalue weighted by Crippen LogP contribution is -2.57. The molecule has 2 unspecified atom stereocenters. The molecule has 1 aromatic rings. The zero-order chi connectivity index (χ0) is 14.9. The summed E-state index contributed by atoms with van der Waals surface area (Å²) in [6, 6.07) is 4.90. The third kappa shape index (κ3) is 3.52. The van der Waals surface area contributed by atoms with Crippen molar-refractivity contribution in [1.82, 2.24) is 9.62 Å². The van der Waals surface area contributed by atoms with Gasteiger partial charge in [-0.1, -0.05) is 0 Å². The Morgan fingerprint density at radius 3 is 2.38 bits per heavy atom. The monoisotopic (exact) mass is 335 g/mol. The molecular weight excluding hydrogens is 318 g/mol. The molecule has 1 saturated heterocycles. The molecule has 0 bridgehead atoms. The molecule has 0 aliphatic carbocycles. The fourth-order valence-electron chi connectivity index (χ4n) is 2.24. The average Bonchev–Trinajstić information content (AvgIpc) is 2.41. The lowest BCUT2D eigenvalue weighted by atomic mass is 10.1. The minimum absolute atomic E-state index is 0. The van der Waals surface area contributed by atoms with Gasteiger partial charge < -0.3 is 5.32 Å². The van der Waals surface area contributed by atoms with Gasteiger partial charge in [0.1, 0.15) is 0 Å². The molecule has 2 atom stereocenters. The fraction of sp³-hybridized carbons (Fsp3) is 0.500. The van der Waals surface area contributed by atoms with Crippen molar-refractivity contribution in [2.75, 3.05) is 13.1 Å². The Kier molecular flexibility index (Phi) is 5.68. The number of benzene rings is 1. The maximum absolute atomic E-state index is 12.6. The van der Waals surface area contributed by atoms with Gasteiger partial charge >= 0.3 is 0 Å². The summed E-state index contributed by atoms with van der Waals surface area (Å²) in [5.74, 6) is 0. The van der Waals surface area contributed by atoms with E-state index in [1.165, 1.54) is 28.6 Å². The van der Waals surface area contributed by atoms with Crippen molar-refractivity contribution in [1.29, 1.82) is 0 Å². The van der Waals surface area contributed by atoms with Gasteiger partial charge in [-0.2, -0.15) is 4.31 Å². The van der Waals surface area contributed by atoms with Gasteiger partial charge in [-0.25, -0.2) is 8.42 Å². The molecule has 1 heterocycles. The van der Waals surface area contributed by atoms with Crippen LogP contribution >= 0.6 is 12.4 Å². The van der Waals surface area contributed by atoms with Crippen LogP contribution in [-0.2, 0) is 10.0 Å². The largest absolute Gasteiger partial charge is 0.311 e. The van der Waals surface area contributed by atoms with Crippen LogP contribution in [0.2, 0.25) is 0 Å². The normalized spacial score (nSPS) is 23.3. The minimum Gasteiger partial charge on any atom is -0.311 e. The zero-order valence-corrected chi connectivity index (χ0v) is 13.4. The summed E-state index contributed by atoms with van der Waals surface area (Å²) in [6.45, 7) is 4.77. The van der Waals surface area contributed by atoms with Crippen LogP contribution in [0.3, 0.4) is 0 Å². The second-order valence-electron chi connectivity index (χ2n) is 4.85. The van der Waals surface area contributed by atoms with E-state index in [0.29, 0.717) is 13.1 Å². The van der Waals surface area contributed by atoms with Crippen LogP contribution in [-0.4, -0.2) is 42.8 Å². The molecule has 2 rings (SSSR count). The van der Waals surface area contributed by atoms with Crippen LogP contribution in [0.25, 0.3) is 0 Å². The summed E-state index contributed by atoms with van der Waals surface area (Å²) in [4.78, 5) is 10.1. The van der Waals surface area contributed by atoms with E-state index in [0.717, 1.165) is 0 Å². The Bertz CT molecular complexity index is 605. The molecule has 0 aromatic heterocycles. The lowest BCUT2D eigenvalue weighted by molar-refractivity contribution is -0.384. The van der Waals surface area contributed by atoms with Crippen LogP contribution in [0, 0.1) is 10.1 Å². The number of piperazine rings is 1. The summed E-state index contributed by atoms with van der Waals surface area (Å²) in [5, 5.41) is 13.8. The van der Waals surface area contributed by atoms with Crippen molar-refractivity contribution in [3.05, 3.63) is 34.4 Å². The molecule has 1 aliphatic rings. The number of non-ortho nitro benzene ring substituents is 1. The highest BCUT2D eigenvalue weighted by Gasteiger charge is 2.34. The van der Waals surface area contributed by atoms with Crippen molar-refractivity contribution in [3.63, 3.8) is 0 Å². The van der Waals surface area contributed by atoms with Gasteiger partial charge in [0.15, 0.2) is 0 Å². The van der Waals surface area contributed by atoms with Gasteiger partial charge in [0.2, 0.25) is 10.0 Å². The molecule has 1 aliphatic heterocycles. The minimum atomic E-state index is -3.62. The highest BCUT2D eigenvalue weighted by Crippen LogP contribution is 2.23. The number of halogens is 1. The molecule has 0 spiro atoms. The smallest absolute Gasteiger partial charge is 0.269 e. The Morgan fingerprint density at radius 1 is 1.29 bits per heavy atom. The number of nitro groups is 1. The van der Waals surface area contributed by atoms with E-state index >= 15 is 0 Å². The van der Waals surface area contributed by atoms with Crippen LogP contribution in [0.1, 0.15) is 13.8 Å². The second-order valence-corrected chi connectivity index (χ2v) is 6.74. The predicted molar refractivity (Wildman–Crippen MR) is 81.2 cm³/mol. The van der Waals surface area contributed by atoms with Crippen LogP contribution in [0.5, 0.6) is 0 Å². The SMILES string of the molecule is CC1NCCN(S(=O)(=O)c2ccc([N+](=O)[O-])cc2)C1C.Cl. The highest BCUT2D eigenvalue weighted by molar-refractivity contribution is 7.89.